The largest absolute Gasteiger partial charge is 0.472 e. The lowest BCUT2D eigenvalue weighted by Crippen LogP contribution is -1.85. The quantitative estimate of drug-likeness (QED) is 0.641. The van der Waals surface area contributed by atoms with Gasteiger partial charge in [-0.1, -0.05) is 0 Å². The van der Waals surface area contributed by atoms with Crippen LogP contribution in [-0.2, 0) is 0 Å². The van der Waals surface area contributed by atoms with Crippen molar-refractivity contribution in [2.24, 2.45) is 0 Å². The minimum atomic E-state index is 0.561. The Morgan fingerprint density at radius 3 is 3.00 bits per heavy atom. The highest BCUT2D eigenvalue weighted by Gasteiger charge is 2.03. The molecule has 4 heteroatoms. The van der Waals surface area contributed by atoms with Crippen LogP contribution in [0.1, 0.15) is 0 Å². The monoisotopic (exact) mass is 149 g/mol. The number of nitrogen functional groups attached to an aromatic ring is 1. The number of aromatic amines is 1. The SMILES string of the molecule is Nc1[nH]ncc1-c1ccoc1. The molecule has 0 aliphatic carbocycles. The van der Waals surface area contributed by atoms with Crippen molar-refractivity contribution >= 4 is 5.82 Å². The van der Waals surface area contributed by atoms with Crippen LogP contribution in [0, 0.1) is 0 Å². The molecule has 11 heavy (non-hydrogen) atoms. The molecule has 0 saturated carbocycles. The number of nitrogens with zero attached hydrogens (tertiary/aromatic N) is 1. The van der Waals surface area contributed by atoms with Gasteiger partial charge in [0.25, 0.3) is 0 Å². The summed E-state index contributed by atoms with van der Waals surface area (Å²) in [6.07, 6.45) is 4.89. The summed E-state index contributed by atoms with van der Waals surface area (Å²) in [5.74, 6) is 0.561. The predicted octanol–water partition coefficient (Wildman–Crippen LogP) is 1.25. The van der Waals surface area contributed by atoms with Crippen molar-refractivity contribution in [3.63, 3.8) is 0 Å². The molecule has 2 aromatic rings. The number of aromatic nitrogens is 2. The van der Waals surface area contributed by atoms with E-state index in [0.717, 1.165) is 11.1 Å². The zero-order chi connectivity index (χ0) is 7.68. The summed E-state index contributed by atoms with van der Waals surface area (Å²) in [6, 6.07) is 1.83. The van der Waals surface area contributed by atoms with E-state index in [1.54, 1.807) is 18.7 Å². The number of hydrogen-bond acceptors (Lipinski definition) is 3. The second-order valence-corrected chi connectivity index (χ2v) is 2.21. The maximum absolute atomic E-state index is 5.57. The third-order valence-corrected chi connectivity index (χ3v) is 1.50. The van der Waals surface area contributed by atoms with Gasteiger partial charge in [-0.15, -0.1) is 0 Å². The summed E-state index contributed by atoms with van der Waals surface area (Å²) in [6.45, 7) is 0. The lowest BCUT2D eigenvalue weighted by Gasteiger charge is -1.89. The maximum Gasteiger partial charge on any atom is 0.126 e. The Hall–Kier alpha value is -1.71. The fourth-order valence-electron chi connectivity index (χ4n) is 0.944. The van der Waals surface area contributed by atoms with Crippen LogP contribution >= 0.6 is 0 Å². The molecule has 2 heterocycles. The summed E-state index contributed by atoms with van der Waals surface area (Å²) < 4.78 is 4.90. The first kappa shape index (κ1) is 6.03. The van der Waals surface area contributed by atoms with Crippen molar-refractivity contribution in [2.45, 2.75) is 0 Å². The highest BCUT2D eigenvalue weighted by molar-refractivity contribution is 5.71. The van der Waals surface area contributed by atoms with Crippen LogP contribution < -0.4 is 5.73 Å². The lowest BCUT2D eigenvalue weighted by molar-refractivity contribution is 0.568. The Labute approximate surface area is 63.0 Å². The topological polar surface area (TPSA) is 67.8 Å². The third-order valence-electron chi connectivity index (χ3n) is 1.50. The van der Waals surface area contributed by atoms with E-state index in [1.165, 1.54) is 0 Å². The average Bonchev–Trinajstić information content (AvgIpc) is 2.55. The molecular formula is C7H7N3O. The first-order chi connectivity index (χ1) is 5.38. The van der Waals surface area contributed by atoms with Gasteiger partial charge in [0.1, 0.15) is 5.82 Å². The first-order valence-corrected chi connectivity index (χ1v) is 3.19. The van der Waals surface area contributed by atoms with Gasteiger partial charge in [-0.2, -0.15) is 5.10 Å². The summed E-state index contributed by atoms with van der Waals surface area (Å²) in [4.78, 5) is 0. The first-order valence-electron chi connectivity index (χ1n) is 3.19. The average molecular weight is 149 g/mol. The second-order valence-electron chi connectivity index (χ2n) is 2.21. The van der Waals surface area contributed by atoms with E-state index in [-0.39, 0.29) is 0 Å². The molecule has 0 fully saturated rings. The van der Waals surface area contributed by atoms with Gasteiger partial charge in [-0.05, 0) is 6.07 Å². The molecule has 0 bridgehead atoms. The van der Waals surface area contributed by atoms with E-state index in [9.17, 15) is 0 Å². The number of furan rings is 1. The number of H-pyrrole nitrogens is 1. The van der Waals surface area contributed by atoms with Gasteiger partial charge in [0.15, 0.2) is 0 Å². The van der Waals surface area contributed by atoms with Gasteiger partial charge in [-0.25, -0.2) is 0 Å². The fourth-order valence-corrected chi connectivity index (χ4v) is 0.944. The fraction of sp³-hybridized carbons (Fsp3) is 0. The van der Waals surface area contributed by atoms with Crippen LogP contribution in [0.15, 0.2) is 29.2 Å². The molecular weight excluding hydrogens is 142 g/mol. The highest BCUT2D eigenvalue weighted by Crippen LogP contribution is 2.23. The molecule has 3 N–H and O–H groups in total. The third kappa shape index (κ3) is 0.881. The molecule has 0 unspecified atom stereocenters. The van der Waals surface area contributed by atoms with Gasteiger partial charge >= 0.3 is 0 Å². The van der Waals surface area contributed by atoms with Crippen molar-refractivity contribution in [1.29, 1.82) is 0 Å². The van der Waals surface area contributed by atoms with Crippen LogP contribution in [0.2, 0.25) is 0 Å². The van der Waals surface area contributed by atoms with Gasteiger partial charge in [0, 0.05) is 11.1 Å². The van der Waals surface area contributed by atoms with Crippen molar-refractivity contribution in [1.82, 2.24) is 10.2 Å². The minimum absolute atomic E-state index is 0.561. The Bertz CT molecular complexity index is 336. The Balaban J connectivity index is 2.53. The van der Waals surface area contributed by atoms with E-state index in [0.29, 0.717) is 5.82 Å². The highest BCUT2D eigenvalue weighted by atomic mass is 16.3. The van der Waals surface area contributed by atoms with Gasteiger partial charge in [0.05, 0.1) is 18.7 Å². The van der Waals surface area contributed by atoms with E-state index in [1.807, 2.05) is 6.07 Å². The van der Waals surface area contributed by atoms with Crippen LogP contribution in [0.25, 0.3) is 11.1 Å². The van der Waals surface area contributed by atoms with Crippen LogP contribution in [0.4, 0.5) is 5.82 Å². The van der Waals surface area contributed by atoms with Crippen molar-refractivity contribution in [2.75, 3.05) is 5.73 Å². The van der Waals surface area contributed by atoms with Crippen molar-refractivity contribution in [3.8, 4) is 11.1 Å². The Morgan fingerprint density at radius 1 is 1.55 bits per heavy atom. The number of anilines is 1. The zero-order valence-corrected chi connectivity index (χ0v) is 5.74. The van der Waals surface area contributed by atoms with Crippen LogP contribution in [-0.4, -0.2) is 10.2 Å². The lowest BCUT2D eigenvalue weighted by atomic mass is 10.2. The normalized spacial score (nSPS) is 10.2. The van der Waals surface area contributed by atoms with Gasteiger partial charge in [0.2, 0.25) is 0 Å². The molecule has 0 radical (unpaired) electrons. The molecule has 0 aromatic carbocycles. The second kappa shape index (κ2) is 2.16. The predicted molar refractivity (Wildman–Crippen MR) is 40.7 cm³/mol. The number of nitrogens with one attached hydrogen (secondary N) is 1. The van der Waals surface area contributed by atoms with Crippen LogP contribution in [0.5, 0.6) is 0 Å². The molecule has 0 amide bonds. The van der Waals surface area contributed by atoms with Crippen LogP contribution in [0.3, 0.4) is 0 Å². The molecule has 2 rings (SSSR count). The molecule has 0 aliphatic heterocycles. The van der Waals surface area contributed by atoms with E-state index >= 15 is 0 Å². The minimum Gasteiger partial charge on any atom is -0.472 e. The molecule has 0 atom stereocenters. The summed E-state index contributed by atoms with van der Waals surface area (Å²) in [7, 11) is 0. The molecule has 56 valence electrons. The molecule has 0 spiro atoms. The van der Waals surface area contributed by atoms with Crippen molar-refractivity contribution in [3.05, 3.63) is 24.8 Å². The van der Waals surface area contributed by atoms with Gasteiger partial charge < -0.3 is 10.2 Å². The van der Waals surface area contributed by atoms with E-state index in [4.69, 9.17) is 10.2 Å². The Kier molecular flexibility index (Phi) is 1.18. The molecule has 0 saturated heterocycles. The number of hydrogen-bond donors (Lipinski definition) is 2. The molecule has 2 aromatic heterocycles. The van der Waals surface area contributed by atoms with Gasteiger partial charge in [-0.3, -0.25) is 5.10 Å². The molecule has 4 nitrogen and oxygen atoms in total. The summed E-state index contributed by atoms with van der Waals surface area (Å²) in [5, 5.41) is 6.43. The van der Waals surface area contributed by atoms with Crippen molar-refractivity contribution < 1.29 is 4.42 Å². The zero-order valence-electron chi connectivity index (χ0n) is 5.74. The number of rotatable bonds is 1. The Morgan fingerprint density at radius 2 is 2.45 bits per heavy atom. The van der Waals surface area contributed by atoms with E-state index < -0.39 is 0 Å². The number of nitrogens with two attached hydrogens (primary N) is 1. The smallest absolute Gasteiger partial charge is 0.126 e. The maximum atomic E-state index is 5.57. The summed E-state index contributed by atoms with van der Waals surface area (Å²) >= 11 is 0. The molecule has 0 aliphatic rings. The standard InChI is InChI=1S/C7H7N3O/c8-7-6(3-9-10-7)5-1-2-11-4-5/h1-4H,(H3,8,9,10). The summed E-state index contributed by atoms with van der Waals surface area (Å²) in [5.41, 5.74) is 7.39. The van der Waals surface area contributed by atoms with E-state index in [2.05, 4.69) is 10.2 Å².